The Hall–Kier alpha value is -0.0700. The summed E-state index contributed by atoms with van der Waals surface area (Å²) in [6, 6.07) is -0.464. The maximum absolute atomic E-state index is 11.9. The predicted molar refractivity (Wildman–Crippen MR) is 91.4 cm³/mol. The third kappa shape index (κ3) is 8.21. The molecule has 0 bridgehead atoms. The van der Waals surface area contributed by atoms with Gasteiger partial charge in [-0.3, -0.25) is 9.69 Å². The van der Waals surface area contributed by atoms with E-state index in [-0.39, 0.29) is 41.7 Å². The highest BCUT2D eigenvalue weighted by molar-refractivity contribution is 5.85. The van der Waals surface area contributed by atoms with E-state index < -0.39 is 6.04 Å². The molecule has 7 heteroatoms. The first-order valence-electron chi connectivity index (χ1n) is 7.01. The maximum atomic E-state index is 11.9. The van der Waals surface area contributed by atoms with Crippen LogP contribution >= 0.6 is 24.8 Å². The molecule has 21 heavy (non-hydrogen) atoms. The fourth-order valence-electron chi connectivity index (χ4n) is 2.15. The number of halogens is 2. The summed E-state index contributed by atoms with van der Waals surface area (Å²) in [7, 11) is 0. The molecule has 1 aliphatic rings. The maximum Gasteiger partial charge on any atom is 0.237 e. The topological polar surface area (TPSA) is 67.6 Å². The average Bonchev–Trinajstić information content (AvgIpc) is 2.25. The molecule has 128 valence electrons. The minimum absolute atomic E-state index is 0. The van der Waals surface area contributed by atoms with Crippen molar-refractivity contribution in [1.29, 1.82) is 0 Å². The molecule has 0 saturated carbocycles. The van der Waals surface area contributed by atoms with Gasteiger partial charge in [0.1, 0.15) is 0 Å². The lowest BCUT2D eigenvalue weighted by atomic mass is 9.87. The number of hydrogen-bond donors (Lipinski definition) is 2. The Morgan fingerprint density at radius 2 is 1.95 bits per heavy atom. The highest BCUT2D eigenvalue weighted by Crippen LogP contribution is 2.17. The van der Waals surface area contributed by atoms with Crippen LogP contribution in [0.15, 0.2) is 0 Å². The molecule has 1 aliphatic heterocycles. The van der Waals surface area contributed by atoms with Crippen molar-refractivity contribution in [1.82, 2.24) is 10.2 Å². The zero-order valence-corrected chi connectivity index (χ0v) is 15.4. The summed E-state index contributed by atoms with van der Waals surface area (Å²) in [6.45, 7) is 14.2. The Labute approximate surface area is 141 Å². The van der Waals surface area contributed by atoms with Gasteiger partial charge in [-0.1, -0.05) is 20.8 Å². The lowest BCUT2D eigenvalue weighted by Crippen LogP contribution is -2.52. The molecule has 1 fully saturated rings. The largest absolute Gasteiger partial charge is 0.373 e. The molecule has 1 rings (SSSR count). The first kappa shape index (κ1) is 23.2. The molecule has 1 heterocycles. The quantitative estimate of drug-likeness (QED) is 0.810. The van der Waals surface area contributed by atoms with Crippen molar-refractivity contribution >= 4 is 30.7 Å². The zero-order chi connectivity index (χ0) is 14.7. The third-order valence-electron chi connectivity index (χ3n) is 3.45. The number of carbonyl (C=O) groups excluding carboxylic acids is 1. The van der Waals surface area contributed by atoms with Gasteiger partial charge in [0.15, 0.2) is 0 Å². The Morgan fingerprint density at radius 1 is 1.38 bits per heavy atom. The van der Waals surface area contributed by atoms with Crippen LogP contribution in [0.3, 0.4) is 0 Å². The van der Waals surface area contributed by atoms with E-state index in [0.29, 0.717) is 6.54 Å². The van der Waals surface area contributed by atoms with Gasteiger partial charge >= 0.3 is 0 Å². The van der Waals surface area contributed by atoms with Crippen LogP contribution < -0.4 is 11.1 Å². The molecule has 0 aromatic heterocycles. The summed E-state index contributed by atoms with van der Waals surface area (Å²) in [5.41, 5.74) is 5.61. The van der Waals surface area contributed by atoms with E-state index in [0.717, 1.165) is 26.2 Å². The predicted octanol–water partition coefficient (Wildman–Crippen LogP) is 1.43. The van der Waals surface area contributed by atoms with Crippen LogP contribution in [0.25, 0.3) is 0 Å². The Morgan fingerprint density at radius 3 is 2.43 bits per heavy atom. The molecule has 1 atom stereocenters. The lowest BCUT2D eigenvalue weighted by Gasteiger charge is -2.38. The number of carbonyl (C=O) groups is 1. The van der Waals surface area contributed by atoms with Crippen LogP contribution in [-0.2, 0) is 9.53 Å². The van der Waals surface area contributed by atoms with E-state index in [9.17, 15) is 4.79 Å². The second-order valence-corrected chi connectivity index (χ2v) is 7.02. The van der Waals surface area contributed by atoms with Gasteiger partial charge in [0.2, 0.25) is 5.91 Å². The van der Waals surface area contributed by atoms with E-state index in [1.165, 1.54) is 0 Å². The Balaban J connectivity index is 0. The fraction of sp³-hybridized carbons (Fsp3) is 0.929. The standard InChI is InChI=1S/C14H29N3O2.2ClH/c1-13(2,3)11(15)12(18)16-6-7-17-8-9-19-14(4,5)10-17;;/h11H,6-10,15H2,1-5H3,(H,16,18);2*1H/t11-;;/m1../s1. The van der Waals surface area contributed by atoms with Crippen LogP contribution in [0.5, 0.6) is 0 Å². The molecular formula is C14H31Cl2N3O2. The lowest BCUT2D eigenvalue weighted by molar-refractivity contribution is -0.124. The number of nitrogens with two attached hydrogens (primary N) is 1. The van der Waals surface area contributed by atoms with Crippen LogP contribution in [0, 0.1) is 5.41 Å². The summed E-state index contributed by atoms with van der Waals surface area (Å²) in [5.74, 6) is -0.0694. The number of amides is 1. The molecule has 0 spiro atoms. The highest BCUT2D eigenvalue weighted by Gasteiger charge is 2.28. The van der Waals surface area contributed by atoms with Crippen molar-refractivity contribution in [2.75, 3.05) is 32.8 Å². The van der Waals surface area contributed by atoms with Crippen LogP contribution in [0.4, 0.5) is 0 Å². The van der Waals surface area contributed by atoms with Crippen molar-refractivity contribution in [3.05, 3.63) is 0 Å². The zero-order valence-electron chi connectivity index (χ0n) is 13.8. The van der Waals surface area contributed by atoms with Crippen molar-refractivity contribution < 1.29 is 9.53 Å². The van der Waals surface area contributed by atoms with Gasteiger partial charge in [0.25, 0.3) is 0 Å². The van der Waals surface area contributed by atoms with Gasteiger partial charge in [-0.2, -0.15) is 0 Å². The van der Waals surface area contributed by atoms with Crippen molar-refractivity contribution in [3.63, 3.8) is 0 Å². The number of nitrogens with one attached hydrogen (secondary N) is 1. The van der Waals surface area contributed by atoms with E-state index >= 15 is 0 Å². The van der Waals surface area contributed by atoms with Crippen LogP contribution in [-0.4, -0.2) is 55.2 Å². The number of ether oxygens (including phenoxy) is 1. The van der Waals surface area contributed by atoms with Gasteiger partial charge in [-0.15, -0.1) is 24.8 Å². The summed E-state index contributed by atoms with van der Waals surface area (Å²) in [4.78, 5) is 14.2. The summed E-state index contributed by atoms with van der Waals surface area (Å²) in [5, 5.41) is 2.92. The van der Waals surface area contributed by atoms with Gasteiger partial charge in [0, 0.05) is 26.2 Å². The summed E-state index contributed by atoms with van der Waals surface area (Å²) < 4.78 is 5.66. The first-order valence-corrected chi connectivity index (χ1v) is 7.01. The molecule has 1 amide bonds. The van der Waals surface area contributed by atoms with Crippen molar-refractivity contribution in [2.45, 2.75) is 46.3 Å². The number of nitrogens with zero attached hydrogens (tertiary/aromatic N) is 1. The molecule has 0 radical (unpaired) electrons. The second-order valence-electron chi connectivity index (χ2n) is 7.02. The van der Waals surface area contributed by atoms with Crippen LogP contribution in [0.2, 0.25) is 0 Å². The second kappa shape index (κ2) is 9.16. The summed E-state index contributed by atoms with van der Waals surface area (Å²) in [6.07, 6.45) is 0. The molecule has 1 saturated heterocycles. The molecule has 3 N–H and O–H groups in total. The van der Waals surface area contributed by atoms with E-state index in [1.807, 2.05) is 20.8 Å². The van der Waals surface area contributed by atoms with Gasteiger partial charge in [-0.05, 0) is 19.3 Å². The number of rotatable bonds is 4. The molecule has 0 aromatic rings. The molecule has 0 aliphatic carbocycles. The monoisotopic (exact) mass is 343 g/mol. The van der Waals surface area contributed by atoms with E-state index in [4.69, 9.17) is 10.5 Å². The first-order chi connectivity index (χ1) is 8.62. The van der Waals surface area contributed by atoms with E-state index in [2.05, 4.69) is 24.1 Å². The number of hydrogen-bond acceptors (Lipinski definition) is 4. The Kier molecular flexibility index (Phi) is 10.1. The number of morpholine rings is 1. The fourth-order valence-corrected chi connectivity index (χ4v) is 2.15. The normalized spacial score (nSPS) is 19.9. The van der Waals surface area contributed by atoms with Gasteiger partial charge < -0.3 is 15.8 Å². The van der Waals surface area contributed by atoms with Gasteiger partial charge in [0.05, 0.1) is 18.2 Å². The van der Waals surface area contributed by atoms with E-state index in [1.54, 1.807) is 0 Å². The average molecular weight is 344 g/mol. The van der Waals surface area contributed by atoms with Crippen LogP contribution in [0.1, 0.15) is 34.6 Å². The highest BCUT2D eigenvalue weighted by atomic mass is 35.5. The molecule has 5 nitrogen and oxygen atoms in total. The van der Waals surface area contributed by atoms with Crippen molar-refractivity contribution in [2.24, 2.45) is 11.1 Å². The molecular weight excluding hydrogens is 313 g/mol. The smallest absolute Gasteiger partial charge is 0.237 e. The minimum atomic E-state index is -0.464. The van der Waals surface area contributed by atoms with Crippen molar-refractivity contribution in [3.8, 4) is 0 Å². The Bertz CT molecular complexity index is 320. The third-order valence-corrected chi connectivity index (χ3v) is 3.45. The van der Waals surface area contributed by atoms with Gasteiger partial charge in [-0.25, -0.2) is 0 Å². The molecule has 0 aromatic carbocycles. The molecule has 0 unspecified atom stereocenters. The SMILES string of the molecule is CC1(C)CN(CCNC(=O)[C@@H](N)C(C)(C)C)CCO1.Cl.Cl. The summed E-state index contributed by atoms with van der Waals surface area (Å²) >= 11 is 0. The minimum Gasteiger partial charge on any atom is -0.373 e.